The molecule has 0 rings (SSSR count). The zero-order valence-electron chi connectivity index (χ0n) is 11.9. The van der Waals surface area contributed by atoms with Gasteiger partial charge in [-0.05, 0) is 33.6 Å². The molecule has 1 atom stereocenters. The van der Waals surface area contributed by atoms with Crippen LogP contribution in [0, 0.1) is 0 Å². The van der Waals surface area contributed by atoms with Gasteiger partial charge in [-0.15, -0.1) is 0 Å². The van der Waals surface area contributed by atoms with Gasteiger partial charge in [0, 0.05) is 31.3 Å². The first kappa shape index (κ1) is 17.4. The van der Waals surface area contributed by atoms with Crippen molar-refractivity contribution in [2.45, 2.75) is 65.0 Å². The third-order valence-corrected chi connectivity index (χ3v) is 2.46. The highest BCUT2D eigenvalue weighted by Crippen LogP contribution is 2.00. The first-order valence-electron chi connectivity index (χ1n) is 6.61. The van der Waals surface area contributed by atoms with E-state index in [0.717, 1.165) is 0 Å². The van der Waals surface area contributed by atoms with Gasteiger partial charge in [0.1, 0.15) is 0 Å². The summed E-state index contributed by atoms with van der Waals surface area (Å²) in [5.74, 6) is -1.07. The Kier molecular flexibility index (Phi) is 8.57. The van der Waals surface area contributed by atoms with Crippen LogP contribution in [0.1, 0.15) is 52.9 Å². The Labute approximate surface area is 113 Å². The highest BCUT2D eigenvalue weighted by atomic mass is 16.4. The molecule has 0 saturated carbocycles. The molecular weight excluding hydrogens is 248 g/mol. The van der Waals surface area contributed by atoms with Crippen molar-refractivity contribution < 1.29 is 19.5 Å². The Balaban J connectivity index is 3.69. The minimum atomic E-state index is -0.869. The molecule has 0 aromatic carbocycles. The van der Waals surface area contributed by atoms with Crippen molar-refractivity contribution in [3.8, 4) is 0 Å². The van der Waals surface area contributed by atoms with Crippen LogP contribution in [0.25, 0.3) is 0 Å². The molecule has 6 heteroatoms. The van der Waals surface area contributed by atoms with Crippen LogP contribution in [0.5, 0.6) is 0 Å². The third kappa shape index (κ3) is 11.2. The maximum absolute atomic E-state index is 11.5. The van der Waals surface area contributed by atoms with Crippen molar-refractivity contribution in [1.82, 2.24) is 10.6 Å². The van der Waals surface area contributed by atoms with Crippen LogP contribution in [-0.2, 0) is 14.4 Å². The lowest BCUT2D eigenvalue weighted by atomic mass is 10.1. The molecule has 110 valence electrons. The number of nitrogens with one attached hydrogen (secondary N) is 2. The number of carbonyl (C=O) groups excluding carboxylic acids is 2. The van der Waals surface area contributed by atoms with Gasteiger partial charge in [0.05, 0.1) is 0 Å². The zero-order valence-corrected chi connectivity index (χ0v) is 11.9. The largest absolute Gasteiger partial charge is 0.481 e. The fraction of sp³-hybridized carbons (Fsp3) is 0.769. The molecule has 0 aromatic rings. The van der Waals surface area contributed by atoms with Crippen LogP contribution in [-0.4, -0.2) is 35.0 Å². The lowest BCUT2D eigenvalue weighted by Gasteiger charge is -2.12. The van der Waals surface area contributed by atoms with Gasteiger partial charge in [0.15, 0.2) is 0 Å². The number of carboxylic acid groups (broad SMARTS) is 1. The Morgan fingerprint density at radius 1 is 0.947 bits per heavy atom. The Morgan fingerprint density at radius 3 is 1.95 bits per heavy atom. The second-order valence-corrected chi connectivity index (χ2v) is 4.98. The summed E-state index contributed by atoms with van der Waals surface area (Å²) in [4.78, 5) is 33.2. The lowest BCUT2D eigenvalue weighted by Crippen LogP contribution is -2.33. The van der Waals surface area contributed by atoms with Gasteiger partial charge in [0.25, 0.3) is 0 Å². The number of aliphatic carboxylic acids is 1. The van der Waals surface area contributed by atoms with Crippen LogP contribution in [0.15, 0.2) is 0 Å². The molecule has 0 aliphatic carbocycles. The van der Waals surface area contributed by atoms with Gasteiger partial charge in [-0.1, -0.05) is 0 Å². The minimum absolute atomic E-state index is 0.0399. The number of rotatable bonds is 9. The average Bonchev–Trinajstić information content (AvgIpc) is 2.25. The van der Waals surface area contributed by atoms with Crippen LogP contribution in [0.3, 0.4) is 0 Å². The van der Waals surface area contributed by atoms with Crippen molar-refractivity contribution >= 4 is 17.8 Å². The summed E-state index contributed by atoms with van der Waals surface area (Å²) in [6, 6.07) is -0.0505. The molecule has 19 heavy (non-hydrogen) atoms. The van der Waals surface area contributed by atoms with Gasteiger partial charge in [-0.2, -0.15) is 0 Å². The zero-order chi connectivity index (χ0) is 14.8. The maximum Gasteiger partial charge on any atom is 0.303 e. The minimum Gasteiger partial charge on any atom is -0.481 e. The van der Waals surface area contributed by atoms with Crippen LogP contribution in [0.4, 0.5) is 0 Å². The Bertz CT molecular complexity index is 316. The quantitative estimate of drug-likeness (QED) is 0.584. The maximum atomic E-state index is 11.5. The molecule has 0 aliphatic heterocycles. The van der Waals surface area contributed by atoms with Gasteiger partial charge in [0.2, 0.25) is 11.8 Å². The SMILES string of the molecule is CC(C)NC(=O)CCCC(=O)NC(C)CCC(=O)O. The van der Waals surface area contributed by atoms with Crippen molar-refractivity contribution in [3.05, 3.63) is 0 Å². The molecule has 0 aliphatic rings. The molecule has 0 saturated heterocycles. The molecule has 0 heterocycles. The average molecular weight is 272 g/mol. The van der Waals surface area contributed by atoms with E-state index >= 15 is 0 Å². The van der Waals surface area contributed by atoms with E-state index in [2.05, 4.69) is 10.6 Å². The number of carbonyl (C=O) groups is 3. The number of carboxylic acids is 1. The van der Waals surface area contributed by atoms with E-state index in [9.17, 15) is 14.4 Å². The van der Waals surface area contributed by atoms with Crippen LogP contribution >= 0.6 is 0 Å². The number of hydrogen-bond acceptors (Lipinski definition) is 3. The number of hydrogen-bond donors (Lipinski definition) is 3. The molecule has 0 bridgehead atoms. The van der Waals surface area contributed by atoms with Crippen molar-refractivity contribution in [3.63, 3.8) is 0 Å². The summed E-state index contributed by atoms with van der Waals surface area (Å²) in [6.45, 7) is 5.54. The summed E-state index contributed by atoms with van der Waals surface area (Å²) in [7, 11) is 0. The predicted molar refractivity (Wildman–Crippen MR) is 71.6 cm³/mol. The first-order valence-corrected chi connectivity index (χ1v) is 6.61. The topological polar surface area (TPSA) is 95.5 Å². The standard InChI is InChI=1S/C13H24N2O4/c1-9(2)14-11(16)5-4-6-12(17)15-10(3)7-8-13(18)19/h9-10H,4-8H2,1-3H3,(H,14,16)(H,15,17)(H,18,19). The highest BCUT2D eigenvalue weighted by molar-refractivity contribution is 5.79. The van der Waals surface area contributed by atoms with Gasteiger partial charge < -0.3 is 15.7 Å². The fourth-order valence-corrected chi connectivity index (χ4v) is 1.56. The molecule has 0 radical (unpaired) electrons. The van der Waals surface area contributed by atoms with Crippen molar-refractivity contribution in [1.29, 1.82) is 0 Å². The number of amides is 2. The smallest absolute Gasteiger partial charge is 0.303 e. The molecule has 6 nitrogen and oxygen atoms in total. The van der Waals surface area contributed by atoms with E-state index in [4.69, 9.17) is 5.11 Å². The fourth-order valence-electron chi connectivity index (χ4n) is 1.56. The summed E-state index contributed by atoms with van der Waals surface area (Å²) in [5.41, 5.74) is 0. The van der Waals surface area contributed by atoms with Crippen LogP contribution < -0.4 is 10.6 Å². The summed E-state index contributed by atoms with van der Waals surface area (Å²) in [5, 5.41) is 14.0. The summed E-state index contributed by atoms with van der Waals surface area (Å²) >= 11 is 0. The van der Waals surface area contributed by atoms with E-state index in [1.165, 1.54) is 0 Å². The van der Waals surface area contributed by atoms with E-state index < -0.39 is 5.97 Å². The molecule has 0 aromatic heterocycles. The van der Waals surface area contributed by atoms with Crippen molar-refractivity contribution in [2.24, 2.45) is 0 Å². The van der Waals surface area contributed by atoms with E-state index in [-0.39, 0.29) is 36.7 Å². The Hall–Kier alpha value is -1.59. The van der Waals surface area contributed by atoms with Crippen LogP contribution in [0.2, 0.25) is 0 Å². The highest BCUT2D eigenvalue weighted by Gasteiger charge is 2.10. The van der Waals surface area contributed by atoms with E-state index in [0.29, 0.717) is 19.3 Å². The third-order valence-electron chi connectivity index (χ3n) is 2.46. The van der Waals surface area contributed by atoms with E-state index in [1.54, 1.807) is 6.92 Å². The predicted octanol–water partition coefficient (Wildman–Crippen LogP) is 1.05. The summed E-state index contributed by atoms with van der Waals surface area (Å²) in [6.07, 6.45) is 1.56. The van der Waals surface area contributed by atoms with Gasteiger partial charge in [-0.25, -0.2) is 0 Å². The normalized spacial score (nSPS) is 12.0. The molecule has 1 unspecified atom stereocenters. The monoisotopic (exact) mass is 272 g/mol. The van der Waals surface area contributed by atoms with E-state index in [1.807, 2.05) is 13.8 Å². The van der Waals surface area contributed by atoms with Crippen molar-refractivity contribution in [2.75, 3.05) is 0 Å². The summed E-state index contributed by atoms with van der Waals surface area (Å²) < 4.78 is 0. The first-order chi connectivity index (χ1) is 8.81. The molecular formula is C13H24N2O4. The van der Waals surface area contributed by atoms with Gasteiger partial charge in [-0.3, -0.25) is 14.4 Å². The second-order valence-electron chi connectivity index (χ2n) is 4.98. The molecule has 3 N–H and O–H groups in total. The van der Waals surface area contributed by atoms with Gasteiger partial charge >= 0.3 is 5.97 Å². The Morgan fingerprint density at radius 2 is 1.47 bits per heavy atom. The molecule has 0 fully saturated rings. The second kappa shape index (κ2) is 9.35. The molecule has 2 amide bonds. The molecule has 0 spiro atoms. The lowest BCUT2D eigenvalue weighted by molar-refractivity contribution is -0.137.